The maximum Gasteiger partial charge on any atom is 0.224 e. The Bertz CT molecular complexity index is 1060. The Labute approximate surface area is 179 Å². The quantitative estimate of drug-likeness (QED) is 0.570. The van der Waals surface area contributed by atoms with E-state index in [2.05, 4.69) is 15.6 Å². The van der Waals surface area contributed by atoms with Crippen LogP contribution in [0.3, 0.4) is 0 Å². The standard InChI is InChI=1S/C23H23N3O3S/c1-15-25-21(14-30-15)17-4-2-16(3-5-17)12-23(28)24-10-11-29-19-7-8-20-18(13-19)6-9-22(27)26-20/h2-5,7-8,13-14H,6,9-12H2,1H3,(H,24,28)(H,26,27). The van der Waals surface area contributed by atoms with Gasteiger partial charge in [0.1, 0.15) is 12.4 Å². The fourth-order valence-electron chi connectivity index (χ4n) is 3.35. The van der Waals surface area contributed by atoms with Gasteiger partial charge in [0.25, 0.3) is 0 Å². The third kappa shape index (κ3) is 5.04. The molecule has 3 aromatic rings. The summed E-state index contributed by atoms with van der Waals surface area (Å²) in [6.45, 7) is 2.81. The molecule has 0 spiro atoms. The van der Waals surface area contributed by atoms with Crippen molar-refractivity contribution in [3.8, 4) is 17.0 Å². The number of nitrogens with one attached hydrogen (secondary N) is 2. The lowest BCUT2D eigenvalue weighted by Gasteiger charge is -2.17. The number of carbonyl (C=O) groups excluding carboxylic acids is 2. The number of ether oxygens (including phenoxy) is 1. The molecule has 0 bridgehead atoms. The van der Waals surface area contributed by atoms with Crippen molar-refractivity contribution in [2.24, 2.45) is 0 Å². The largest absolute Gasteiger partial charge is 0.492 e. The summed E-state index contributed by atoms with van der Waals surface area (Å²) in [6, 6.07) is 13.6. The van der Waals surface area contributed by atoms with Gasteiger partial charge < -0.3 is 15.4 Å². The molecule has 1 aliphatic rings. The number of thiazole rings is 1. The van der Waals surface area contributed by atoms with Crippen molar-refractivity contribution in [1.29, 1.82) is 0 Å². The molecule has 0 fully saturated rings. The molecule has 4 rings (SSSR count). The molecule has 1 aromatic heterocycles. The smallest absolute Gasteiger partial charge is 0.224 e. The molecule has 0 radical (unpaired) electrons. The lowest BCUT2D eigenvalue weighted by Crippen LogP contribution is -2.29. The first kappa shape index (κ1) is 20.1. The predicted octanol–water partition coefficient (Wildman–Crippen LogP) is 3.74. The predicted molar refractivity (Wildman–Crippen MR) is 118 cm³/mol. The van der Waals surface area contributed by atoms with Crippen molar-refractivity contribution >= 4 is 28.8 Å². The molecule has 154 valence electrons. The van der Waals surface area contributed by atoms with E-state index in [4.69, 9.17) is 4.74 Å². The SMILES string of the molecule is Cc1nc(-c2ccc(CC(=O)NCCOc3ccc4c(c3)CCC(=O)N4)cc2)cs1. The molecule has 0 aliphatic carbocycles. The Hall–Kier alpha value is -3.19. The minimum atomic E-state index is -0.0380. The summed E-state index contributed by atoms with van der Waals surface area (Å²) in [7, 11) is 0. The van der Waals surface area contributed by atoms with E-state index in [9.17, 15) is 9.59 Å². The Morgan fingerprint density at radius 2 is 2.03 bits per heavy atom. The zero-order chi connectivity index (χ0) is 20.9. The number of benzene rings is 2. The van der Waals surface area contributed by atoms with Crippen molar-refractivity contribution in [3.63, 3.8) is 0 Å². The fraction of sp³-hybridized carbons (Fsp3) is 0.261. The van der Waals surface area contributed by atoms with Crippen LogP contribution in [0.25, 0.3) is 11.3 Å². The van der Waals surface area contributed by atoms with Crippen LogP contribution in [0.4, 0.5) is 5.69 Å². The molecule has 0 unspecified atom stereocenters. The van der Waals surface area contributed by atoms with Gasteiger partial charge in [-0.25, -0.2) is 4.98 Å². The number of aryl methyl sites for hydroxylation is 2. The summed E-state index contributed by atoms with van der Waals surface area (Å²) in [5.41, 5.74) is 4.91. The first-order valence-electron chi connectivity index (χ1n) is 9.90. The van der Waals surface area contributed by atoms with Crippen LogP contribution in [0, 0.1) is 6.92 Å². The Kier molecular flexibility index (Phi) is 6.09. The first-order valence-corrected chi connectivity index (χ1v) is 10.8. The van der Waals surface area contributed by atoms with Crippen molar-refractivity contribution in [1.82, 2.24) is 10.3 Å². The van der Waals surface area contributed by atoms with Crippen LogP contribution < -0.4 is 15.4 Å². The van der Waals surface area contributed by atoms with Crippen LogP contribution >= 0.6 is 11.3 Å². The number of amides is 2. The van der Waals surface area contributed by atoms with Gasteiger partial charge in [-0.3, -0.25) is 9.59 Å². The van der Waals surface area contributed by atoms with E-state index in [1.807, 2.05) is 54.8 Å². The van der Waals surface area contributed by atoms with Crippen molar-refractivity contribution < 1.29 is 14.3 Å². The van der Waals surface area contributed by atoms with Crippen LogP contribution in [-0.4, -0.2) is 29.9 Å². The van der Waals surface area contributed by atoms with E-state index in [0.717, 1.165) is 45.2 Å². The van der Waals surface area contributed by atoms with Crippen LogP contribution in [0.15, 0.2) is 47.8 Å². The molecule has 2 amide bonds. The van der Waals surface area contributed by atoms with Crippen LogP contribution in [-0.2, 0) is 22.4 Å². The second-order valence-electron chi connectivity index (χ2n) is 7.19. The Balaban J connectivity index is 1.21. The molecular formula is C23H23N3O3S. The summed E-state index contributed by atoms with van der Waals surface area (Å²) >= 11 is 1.63. The van der Waals surface area contributed by atoms with E-state index in [1.165, 1.54) is 0 Å². The highest BCUT2D eigenvalue weighted by atomic mass is 32.1. The average Bonchev–Trinajstić information content (AvgIpc) is 3.18. The van der Waals surface area contributed by atoms with Gasteiger partial charge in [0.2, 0.25) is 11.8 Å². The van der Waals surface area contributed by atoms with Gasteiger partial charge in [-0.15, -0.1) is 11.3 Å². The van der Waals surface area contributed by atoms with Crippen molar-refractivity contribution in [3.05, 3.63) is 64.0 Å². The highest BCUT2D eigenvalue weighted by Gasteiger charge is 2.15. The Morgan fingerprint density at radius 3 is 2.80 bits per heavy atom. The molecule has 0 atom stereocenters. The average molecular weight is 422 g/mol. The van der Waals surface area contributed by atoms with E-state index in [1.54, 1.807) is 11.3 Å². The number of carbonyl (C=O) groups is 2. The monoisotopic (exact) mass is 421 g/mol. The molecule has 6 nitrogen and oxygen atoms in total. The number of hydrogen-bond acceptors (Lipinski definition) is 5. The van der Waals surface area contributed by atoms with Crippen LogP contribution in [0.2, 0.25) is 0 Å². The summed E-state index contributed by atoms with van der Waals surface area (Å²) in [6.07, 6.45) is 1.54. The number of fused-ring (bicyclic) bond motifs is 1. The molecule has 7 heteroatoms. The zero-order valence-corrected chi connectivity index (χ0v) is 17.6. The maximum atomic E-state index is 12.2. The highest BCUT2D eigenvalue weighted by molar-refractivity contribution is 7.09. The van der Waals surface area contributed by atoms with Crippen LogP contribution in [0.1, 0.15) is 22.6 Å². The summed E-state index contributed by atoms with van der Waals surface area (Å²) in [5, 5.41) is 8.82. The molecule has 2 aromatic carbocycles. The number of rotatable bonds is 7. The fourth-order valence-corrected chi connectivity index (χ4v) is 3.97. The van der Waals surface area contributed by atoms with Gasteiger partial charge in [0.05, 0.1) is 23.7 Å². The second kappa shape index (κ2) is 9.09. The molecular weight excluding hydrogens is 398 g/mol. The minimum Gasteiger partial charge on any atom is -0.492 e. The summed E-state index contributed by atoms with van der Waals surface area (Å²) < 4.78 is 5.73. The van der Waals surface area contributed by atoms with Gasteiger partial charge in [-0.2, -0.15) is 0 Å². The summed E-state index contributed by atoms with van der Waals surface area (Å²) in [4.78, 5) is 28.1. The normalized spacial score (nSPS) is 12.8. The van der Waals surface area contributed by atoms with E-state index in [0.29, 0.717) is 26.0 Å². The topological polar surface area (TPSA) is 80.3 Å². The zero-order valence-electron chi connectivity index (χ0n) is 16.7. The second-order valence-corrected chi connectivity index (χ2v) is 8.25. The third-order valence-electron chi connectivity index (χ3n) is 4.90. The van der Waals surface area contributed by atoms with E-state index < -0.39 is 0 Å². The number of nitrogens with zero attached hydrogens (tertiary/aromatic N) is 1. The van der Waals surface area contributed by atoms with Crippen LogP contribution in [0.5, 0.6) is 5.75 Å². The molecule has 0 saturated heterocycles. The lowest BCUT2D eigenvalue weighted by molar-refractivity contribution is -0.120. The Morgan fingerprint density at radius 1 is 1.20 bits per heavy atom. The van der Waals surface area contributed by atoms with Crippen molar-refractivity contribution in [2.45, 2.75) is 26.2 Å². The van der Waals surface area contributed by atoms with Gasteiger partial charge in [0.15, 0.2) is 0 Å². The summed E-state index contributed by atoms with van der Waals surface area (Å²) in [5.74, 6) is 0.753. The molecule has 2 N–H and O–H groups in total. The molecule has 30 heavy (non-hydrogen) atoms. The molecule has 1 aliphatic heterocycles. The molecule has 0 saturated carbocycles. The third-order valence-corrected chi connectivity index (χ3v) is 5.67. The van der Waals surface area contributed by atoms with E-state index in [-0.39, 0.29) is 11.8 Å². The maximum absolute atomic E-state index is 12.2. The lowest BCUT2D eigenvalue weighted by atomic mass is 10.0. The van der Waals surface area contributed by atoms with Gasteiger partial charge in [-0.05, 0) is 42.7 Å². The van der Waals surface area contributed by atoms with Crippen molar-refractivity contribution in [2.75, 3.05) is 18.5 Å². The number of hydrogen-bond donors (Lipinski definition) is 2. The van der Waals surface area contributed by atoms with Gasteiger partial charge in [-0.1, -0.05) is 24.3 Å². The number of anilines is 1. The van der Waals surface area contributed by atoms with E-state index >= 15 is 0 Å². The minimum absolute atomic E-state index is 0.0380. The highest BCUT2D eigenvalue weighted by Crippen LogP contribution is 2.26. The number of aromatic nitrogens is 1. The van der Waals surface area contributed by atoms with Gasteiger partial charge >= 0.3 is 0 Å². The molecule has 2 heterocycles. The first-order chi connectivity index (χ1) is 14.6. The van der Waals surface area contributed by atoms with Gasteiger partial charge in [0, 0.05) is 23.1 Å².